The van der Waals surface area contributed by atoms with E-state index < -0.39 is 0 Å². The van der Waals surface area contributed by atoms with Crippen molar-refractivity contribution in [3.05, 3.63) is 134 Å². The van der Waals surface area contributed by atoms with Crippen LogP contribution in [0.2, 0.25) is 0 Å². The number of fused-ring (bicyclic) bond motifs is 5. The normalized spacial score (nSPS) is 11.5. The molecule has 0 aliphatic rings. The molecular weight excluding hydrogens is 488 g/mol. The molecule has 3 heterocycles. The monoisotopic (exact) mass is 510 g/mol. The second kappa shape index (κ2) is 9.07. The standard InChI is InChI=1S/C36H22N4/c1-2-9-25(10-3-1)36-39-31-15-7-6-14-29(31)33(40-36)27-21-26-11-4-5-13-28(26)30(22-27)32-19-18-24-17-16-23-12-8-20-37-34(23)35(24)38-32/h1-22H. The maximum atomic E-state index is 5.19. The van der Waals surface area contributed by atoms with Crippen LogP contribution >= 0.6 is 0 Å². The van der Waals surface area contributed by atoms with Crippen LogP contribution in [0, 0.1) is 0 Å². The van der Waals surface area contributed by atoms with Gasteiger partial charge in [-0.05, 0) is 41.1 Å². The maximum Gasteiger partial charge on any atom is 0.160 e. The molecule has 0 atom stereocenters. The molecule has 186 valence electrons. The van der Waals surface area contributed by atoms with Crippen LogP contribution in [-0.4, -0.2) is 19.9 Å². The van der Waals surface area contributed by atoms with Crippen LogP contribution in [0.3, 0.4) is 0 Å². The zero-order chi connectivity index (χ0) is 26.5. The number of benzene rings is 5. The lowest BCUT2D eigenvalue weighted by Crippen LogP contribution is -1.96. The van der Waals surface area contributed by atoms with Gasteiger partial charge in [0.1, 0.15) is 0 Å². The van der Waals surface area contributed by atoms with Crippen molar-refractivity contribution >= 4 is 43.5 Å². The van der Waals surface area contributed by atoms with Crippen molar-refractivity contribution in [1.29, 1.82) is 0 Å². The van der Waals surface area contributed by atoms with Crippen LogP contribution in [0.15, 0.2) is 134 Å². The topological polar surface area (TPSA) is 51.6 Å². The lowest BCUT2D eigenvalue weighted by molar-refractivity contribution is 1.23. The maximum absolute atomic E-state index is 5.19. The van der Waals surface area contributed by atoms with Crippen LogP contribution in [0.4, 0.5) is 0 Å². The molecule has 0 N–H and O–H groups in total. The fourth-order valence-electron chi connectivity index (χ4n) is 5.55. The zero-order valence-electron chi connectivity index (χ0n) is 21.5. The molecule has 0 aliphatic heterocycles. The molecule has 0 aliphatic carbocycles. The predicted molar refractivity (Wildman–Crippen MR) is 164 cm³/mol. The number of para-hydroxylation sites is 1. The summed E-state index contributed by atoms with van der Waals surface area (Å²) in [4.78, 5) is 19.9. The second-order valence-electron chi connectivity index (χ2n) is 9.93. The summed E-state index contributed by atoms with van der Waals surface area (Å²) < 4.78 is 0. The zero-order valence-corrected chi connectivity index (χ0v) is 21.5. The van der Waals surface area contributed by atoms with Crippen molar-refractivity contribution in [2.45, 2.75) is 0 Å². The smallest absolute Gasteiger partial charge is 0.160 e. The molecule has 0 amide bonds. The summed E-state index contributed by atoms with van der Waals surface area (Å²) in [6.45, 7) is 0. The fraction of sp³-hybridized carbons (Fsp3) is 0. The van der Waals surface area contributed by atoms with Gasteiger partial charge in [-0.2, -0.15) is 0 Å². The van der Waals surface area contributed by atoms with Gasteiger partial charge >= 0.3 is 0 Å². The van der Waals surface area contributed by atoms with Crippen molar-refractivity contribution in [1.82, 2.24) is 19.9 Å². The fourth-order valence-corrected chi connectivity index (χ4v) is 5.55. The third-order valence-electron chi connectivity index (χ3n) is 7.48. The average Bonchev–Trinajstić information content (AvgIpc) is 3.04. The van der Waals surface area contributed by atoms with Crippen LogP contribution < -0.4 is 0 Å². The van der Waals surface area contributed by atoms with E-state index >= 15 is 0 Å². The third kappa shape index (κ3) is 3.69. The van der Waals surface area contributed by atoms with Crippen LogP contribution in [-0.2, 0) is 0 Å². The summed E-state index contributed by atoms with van der Waals surface area (Å²) >= 11 is 0. The molecule has 4 heteroatoms. The minimum absolute atomic E-state index is 0.713. The molecule has 0 radical (unpaired) electrons. The first-order chi connectivity index (χ1) is 19.8. The van der Waals surface area contributed by atoms with Gasteiger partial charge in [0.25, 0.3) is 0 Å². The van der Waals surface area contributed by atoms with E-state index in [-0.39, 0.29) is 0 Å². The highest BCUT2D eigenvalue weighted by atomic mass is 14.9. The molecule has 40 heavy (non-hydrogen) atoms. The Balaban J connectivity index is 1.41. The van der Waals surface area contributed by atoms with E-state index in [9.17, 15) is 0 Å². The Hall–Kier alpha value is -5.48. The lowest BCUT2D eigenvalue weighted by Gasteiger charge is -2.14. The van der Waals surface area contributed by atoms with Crippen LogP contribution in [0.1, 0.15) is 0 Å². The number of hydrogen-bond acceptors (Lipinski definition) is 4. The Labute approximate surface area is 230 Å². The van der Waals surface area contributed by atoms with Crippen molar-refractivity contribution in [2.24, 2.45) is 0 Å². The van der Waals surface area contributed by atoms with Gasteiger partial charge in [-0.25, -0.2) is 15.0 Å². The molecular formula is C36H22N4. The highest BCUT2D eigenvalue weighted by molar-refractivity contribution is 6.06. The van der Waals surface area contributed by atoms with Crippen molar-refractivity contribution < 1.29 is 0 Å². The molecule has 0 bridgehead atoms. The lowest BCUT2D eigenvalue weighted by atomic mass is 9.95. The van der Waals surface area contributed by atoms with E-state index in [1.54, 1.807) is 0 Å². The Bertz CT molecular complexity index is 2220. The molecule has 8 rings (SSSR count). The van der Waals surface area contributed by atoms with Crippen molar-refractivity contribution in [2.75, 3.05) is 0 Å². The second-order valence-corrected chi connectivity index (χ2v) is 9.93. The van der Waals surface area contributed by atoms with E-state index in [2.05, 4.69) is 96.0 Å². The summed E-state index contributed by atoms with van der Waals surface area (Å²) in [5, 5.41) is 5.46. The third-order valence-corrected chi connectivity index (χ3v) is 7.48. The molecule has 4 nitrogen and oxygen atoms in total. The first-order valence-corrected chi connectivity index (χ1v) is 13.3. The number of hydrogen-bond donors (Lipinski definition) is 0. The highest BCUT2D eigenvalue weighted by Gasteiger charge is 2.15. The summed E-state index contributed by atoms with van der Waals surface area (Å²) in [7, 11) is 0. The minimum Gasteiger partial charge on any atom is -0.254 e. The molecule has 3 aromatic heterocycles. The van der Waals surface area contributed by atoms with Gasteiger partial charge in [0.05, 0.1) is 27.9 Å². The van der Waals surface area contributed by atoms with Gasteiger partial charge in [0.2, 0.25) is 0 Å². The highest BCUT2D eigenvalue weighted by Crippen LogP contribution is 2.37. The van der Waals surface area contributed by atoms with E-state index in [0.29, 0.717) is 5.82 Å². The molecule has 0 spiro atoms. The number of nitrogens with zero attached hydrogens (tertiary/aromatic N) is 4. The molecule has 0 fully saturated rings. The van der Waals surface area contributed by atoms with Gasteiger partial charge < -0.3 is 0 Å². The van der Waals surface area contributed by atoms with Gasteiger partial charge in [-0.3, -0.25) is 4.98 Å². The minimum atomic E-state index is 0.713. The van der Waals surface area contributed by atoms with Gasteiger partial charge in [0, 0.05) is 39.0 Å². The van der Waals surface area contributed by atoms with Gasteiger partial charge in [-0.1, -0.05) is 97.1 Å². The first-order valence-electron chi connectivity index (χ1n) is 13.3. The molecule has 0 unspecified atom stereocenters. The van der Waals surface area contributed by atoms with Gasteiger partial charge in [-0.15, -0.1) is 0 Å². The van der Waals surface area contributed by atoms with E-state index in [1.165, 1.54) is 0 Å². The van der Waals surface area contributed by atoms with Crippen LogP contribution in [0.5, 0.6) is 0 Å². The first kappa shape index (κ1) is 22.5. The number of pyridine rings is 2. The van der Waals surface area contributed by atoms with Crippen molar-refractivity contribution in [3.8, 4) is 33.9 Å². The molecule has 0 saturated carbocycles. The Morgan fingerprint density at radius 1 is 0.450 bits per heavy atom. The Kier molecular flexibility index (Phi) is 5.10. The summed E-state index contributed by atoms with van der Waals surface area (Å²) in [5.41, 5.74) is 7.64. The summed E-state index contributed by atoms with van der Waals surface area (Å²) in [6, 6.07) is 43.8. The summed E-state index contributed by atoms with van der Waals surface area (Å²) in [5.74, 6) is 0.713. The molecule has 8 aromatic rings. The molecule has 5 aromatic carbocycles. The van der Waals surface area contributed by atoms with Crippen LogP contribution in [0.25, 0.3) is 77.4 Å². The largest absolute Gasteiger partial charge is 0.254 e. The predicted octanol–water partition coefficient (Wildman–Crippen LogP) is 8.88. The van der Waals surface area contributed by atoms with Crippen molar-refractivity contribution in [3.63, 3.8) is 0 Å². The summed E-state index contributed by atoms with van der Waals surface area (Å²) in [6.07, 6.45) is 1.83. The number of aromatic nitrogens is 4. The van der Waals surface area contributed by atoms with Gasteiger partial charge in [0.15, 0.2) is 5.82 Å². The number of rotatable bonds is 3. The Morgan fingerprint density at radius 2 is 1.18 bits per heavy atom. The SMILES string of the molecule is c1ccc(-c2nc(-c3cc(-c4ccc5ccc6cccnc6c5n4)c4ccccc4c3)c3ccccc3n2)cc1. The van der Waals surface area contributed by atoms with E-state index in [4.69, 9.17) is 15.0 Å². The molecule has 0 saturated heterocycles. The average molecular weight is 511 g/mol. The quantitative estimate of drug-likeness (QED) is 0.223. The van der Waals surface area contributed by atoms with E-state index in [0.717, 1.165) is 71.6 Å². The van der Waals surface area contributed by atoms with E-state index in [1.807, 2.05) is 42.6 Å². The Morgan fingerprint density at radius 3 is 2.08 bits per heavy atom.